The highest BCUT2D eigenvalue weighted by Crippen LogP contribution is 2.28. The Balaban J connectivity index is 2.00. The summed E-state index contributed by atoms with van der Waals surface area (Å²) in [7, 11) is -0.703. The van der Waals surface area contributed by atoms with Crippen LogP contribution < -0.4 is 10.2 Å². The van der Waals surface area contributed by atoms with Crippen molar-refractivity contribution < 1.29 is 13.2 Å². The van der Waals surface area contributed by atoms with E-state index in [1.54, 1.807) is 30.5 Å². The van der Waals surface area contributed by atoms with Crippen molar-refractivity contribution >= 4 is 43.4 Å². The van der Waals surface area contributed by atoms with Crippen LogP contribution in [0.4, 0.5) is 11.5 Å². The standard InChI is InChI=1S/C19H23BrN4O3S/c1-23(2)28(26,27)15-7-8-17(24-10-4-3-5-11-24)16(12-15)19(25)22-18-9-6-14(20)13-21-18/h6-9,12-13H,3-5,10-11H2,1-2H3,(H,21,22,25). The van der Waals surface area contributed by atoms with Gasteiger partial charge in [0.1, 0.15) is 5.82 Å². The smallest absolute Gasteiger partial charge is 0.258 e. The summed E-state index contributed by atoms with van der Waals surface area (Å²) in [4.78, 5) is 19.4. The highest BCUT2D eigenvalue weighted by molar-refractivity contribution is 9.10. The van der Waals surface area contributed by atoms with Crippen LogP contribution in [0.3, 0.4) is 0 Å². The lowest BCUT2D eigenvalue weighted by Gasteiger charge is -2.30. The second-order valence-corrected chi connectivity index (χ2v) is 9.90. The van der Waals surface area contributed by atoms with Crippen LogP contribution in [0, 0.1) is 0 Å². The van der Waals surface area contributed by atoms with E-state index in [1.807, 2.05) is 0 Å². The summed E-state index contributed by atoms with van der Waals surface area (Å²) in [5, 5.41) is 2.77. The fourth-order valence-corrected chi connectivity index (χ4v) is 4.28. The number of halogens is 1. The zero-order valence-electron chi connectivity index (χ0n) is 15.9. The number of piperidine rings is 1. The topological polar surface area (TPSA) is 82.6 Å². The van der Waals surface area contributed by atoms with Crippen LogP contribution in [0.5, 0.6) is 0 Å². The number of carbonyl (C=O) groups is 1. The molecule has 9 heteroatoms. The Morgan fingerprint density at radius 2 is 1.86 bits per heavy atom. The fourth-order valence-electron chi connectivity index (χ4n) is 3.11. The number of benzene rings is 1. The average molecular weight is 467 g/mol. The minimum Gasteiger partial charge on any atom is -0.371 e. The molecule has 0 radical (unpaired) electrons. The Labute approximate surface area is 173 Å². The van der Waals surface area contributed by atoms with Crippen molar-refractivity contribution in [3.8, 4) is 0 Å². The maximum absolute atomic E-state index is 13.0. The van der Waals surface area contributed by atoms with Crippen molar-refractivity contribution in [3.05, 3.63) is 46.6 Å². The lowest BCUT2D eigenvalue weighted by Crippen LogP contribution is -2.32. The minimum atomic E-state index is -3.65. The molecule has 3 rings (SSSR count). The van der Waals surface area contributed by atoms with Crippen LogP contribution in [0.2, 0.25) is 0 Å². The lowest BCUT2D eigenvalue weighted by atomic mass is 10.1. The van der Waals surface area contributed by atoms with Gasteiger partial charge >= 0.3 is 0 Å². The number of pyridine rings is 1. The quantitative estimate of drug-likeness (QED) is 0.730. The molecule has 1 fully saturated rings. The third-order valence-electron chi connectivity index (χ3n) is 4.66. The molecule has 1 aromatic heterocycles. The van der Waals surface area contributed by atoms with Gasteiger partial charge in [0.15, 0.2) is 0 Å². The molecule has 1 aliphatic heterocycles. The molecule has 0 atom stereocenters. The first kappa shape index (κ1) is 20.8. The van der Waals surface area contributed by atoms with Gasteiger partial charge in [-0.25, -0.2) is 17.7 Å². The van der Waals surface area contributed by atoms with E-state index in [0.717, 1.165) is 46.8 Å². The molecule has 1 amide bonds. The zero-order valence-corrected chi connectivity index (χ0v) is 18.3. The number of aromatic nitrogens is 1. The summed E-state index contributed by atoms with van der Waals surface area (Å²) in [6.45, 7) is 1.69. The third kappa shape index (κ3) is 4.53. The molecule has 1 saturated heterocycles. The molecule has 0 aliphatic carbocycles. The first-order valence-electron chi connectivity index (χ1n) is 9.03. The number of hydrogen-bond donors (Lipinski definition) is 1. The van der Waals surface area contributed by atoms with Gasteiger partial charge in [0.05, 0.1) is 10.5 Å². The number of anilines is 2. The second-order valence-electron chi connectivity index (χ2n) is 6.83. The van der Waals surface area contributed by atoms with Crippen LogP contribution in [0.25, 0.3) is 0 Å². The van der Waals surface area contributed by atoms with Crippen LogP contribution in [0.15, 0.2) is 45.9 Å². The number of sulfonamides is 1. The van der Waals surface area contributed by atoms with Gasteiger partial charge in [0.25, 0.3) is 5.91 Å². The fraction of sp³-hybridized carbons (Fsp3) is 0.368. The van der Waals surface area contributed by atoms with Crippen LogP contribution in [-0.2, 0) is 10.0 Å². The SMILES string of the molecule is CN(C)S(=O)(=O)c1ccc(N2CCCCC2)c(C(=O)Nc2ccc(Br)cn2)c1. The molecule has 2 aromatic rings. The summed E-state index contributed by atoms with van der Waals surface area (Å²) in [5.41, 5.74) is 1.07. The zero-order chi connectivity index (χ0) is 20.3. The molecule has 0 bridgehead atoms. The Morgan fingerprint density at radius 1 is 1.14 bits per heavy atom. The molecular weight excluding hydrogens is 444 g/mol. The average Bonchev–Trinajstić information content (AvgIpc) is 2.69. The van der Waals surface area contributed by atoms with E-state index in [9.17, 15) is 13.2 Å². The normalized spacial score (nSPS) is 14.9. The summed E-state index contributed by atoms with van der Waals surface area (Å²) < 4.78 is 27.1. The molecule has 150 valence electrons. The highest BCUT2D eigenvalue weighted by atomic mass is 79.9. The molecule has 1 aliphatic rings. The maximum atomic E-state index is 13.0. The molecule has 1 N–H and O–H groups in total. The Morgan fingerprint density at radius 3 is 2.46 bits per heavy atom. The minimum absolute atomic E-state index is 0.0900. The van der Waals surface area contributed by atoms with E-state index in [1.165, 1.54) is 20.2 Å². The van der Waals surface area contributed by atoms with Crippen molar-refractivity contribution in [2.24, 2.45) is 0 Å². The molecule has 7 nitrogen and oxygen atoms in total. The van der Waals surface area contributed by atoms with E-state index in [0.29, 0.717) is 11.4 Å². The molecule has 2 heterocycles. The third-order valence-corrected chi connectivity index (χ3v) is 6.94. The van der Waals surface area contributed by atoms with Crippen molar-refractivity contribution in [3.63, 3.8) is 0 Å². The second kappa shape index (κ2) is 8.59. The first-order chi connectivity index (χ1) is 13.3. The van der Waals surface area contributed by atoms with Crippen molar-refractivity contribution in [1.29, 1.82) is 0 Å². The van der Waals surface area contributed by atoms with Gasteiger partial charge in [-0.15, -0.1) is 0 Å². The van der Waals surface area contributed by atoms with Crippen molar-refractivity contribution in [2.75, 3.05) is 37.4 Å². The van der Waals surface area contributed by atoms with E-state index in [4.69, 9.17) is 0 Å². The number of hydrogen-bond acceptors (Lipinski definition) is 5. The van der Waals surface area contributed by atoms with Crippen LogP contribution >= 0.6 is 15.9 Å². The Hall–Kier alpha value is -1.97. The maximum Gasteiger partial charge on any atom is 0.258 e. The summed E-state index contributed by atoms with van der Waals surface area (Å²) >= 11 is 3.31. The van der Waals surface area contributed by atoms with E-state index in [-0.39, 0.29) is 10.8 Å². The largest absolute Gasteiger partial charge is 0.371 e. The first-order valence-corrected chi connectivity index (χ1v) is 11.3. The molecular formula is C19H23BrN4O3S. The van der Waals surface area contributed by atoms with Gasteiger partial charge in [-0.2, -0.15) is 0 Å². The summed E-state index contributed by atoms with van der Waals surface area (Å²) in [6.07, 6.45) is 4.85. The van der Waals surface area contributed by atoms with Crippen LogP contribution in [-0.4, -0.2) is 50.8 Å². The molecule has 28 heavy (non-hydrogen) atoms. The number of carbonyl (C=O) groups excluding carboxylic acids is 1. The molecule has 0 saturated carbocycles. The predicted molar refractivity (Wildman–Crippen MR) is 113 cm³/mol. The summed E-state index contributed by atoms with van der Waals surface area (Å²) in [5.74, 6) is 0.0184. The molecule has 1 aromatic carbocycles. The van der Waals surface area contributed by atoms with Crippen LogP contribution in [0.1, 0.15) is 29.6 Å². The van der Waals surface area contributed by atoms with E-state index < -0.39 is 10.0 Å². The molecule has 0 spiro atoms. The Bertz CT molecular complexity index is 956. The van der Waals surface area contributed by atoms with Gasteiger partial charge in [-0.05, 0) is 65.5 Å². The number of amides is 1. The highest BCUT2D eigenvalue weighted by Gasteiger charge is 2.24. The lowest BCUT2D eigenvalue weighted by molar-refractivity contribution is 0.102. The van der Waals surface area contributed by atoms with Gasteiger partial charge in [0, 0.05) is 43.5 Å². The van der Waals surface area contributed by atoms with E-state index in [2.05, 4.69) is 31.1 Å². The monoisotopic (exact) mass is 466 g/mol. The Kier molecular flexibility index (Phi) is 6.36. The van der Waals surface area contributed by atoms with Gasteiger partial charge in [-0.3, -0.25) is 4.79 Å². The van der Waals surface area contributed by atoms with Gasteiger partial charge in [0.2, 0.25) is 10.0 Å². The molecule has 0 unspecified atom stereocenters. The number of nitrogens with zero attached hydrogens (tertiary/aromatic N) is 3. The number of rotatable bonds is 5. The van der Waals surface area contributed by atoms with E-state index >= 15 is 0 Å². The number of nitrogens with one attached hydrogen (secondary N) is 1. The van der Waals surface area contributed by atoms with Crippen molar-refractivity contribution in [2.45, 2.75) is 24.2 Å². The summed E-state index contributed by atoms with van der Waals surface area (Å²) in [6, 6.07) is 8.21. The van der Waals surface area contributed by atoms with Crippen molar-refractivity contribution in [1.82, 2.24) is 9.29 Å². The van der Waals surface area contributed by atoms with Gasteiger partial charge < -0.3 is 10.2 Å². The van der Waals surface area contributed by atoms with Gasteiger partial charge in [-0.1, -0.05) is 0 Å². The predicted octanol–water partition coefficient (Wildman–Crippen LogP) is 3.34.